The summed E-state index contributed by atoms with van der Waals surface area (Å²) >= 11 is 5.23. The average Bonchev–Trinajstić information content (AvgIpc) is 3.00. The van der Waals surface area contributed by atoms with Gasteiger partial charge in [-0.3, -0.25) is 4.79 Å². The fourth-order valence-electron chi connectivity index (χ4n) is 2.92. The Morgan fingerprint density at radius 2 is 1.75 bits per heavy atom. The molecule has 2 aromatic carbocycles. The molecule has 0 bridgehead atoms. The van der Waals surface area contributed by atoms with Crippen molar-refractivity contribution in [3.05, 3.63) is 66.2 Å². The van der Waals surface area contributed by atoms with Gasteiger partial charge in [0.1, 0.15) is 17.8 Å². The molecule has 1 amide bonds. The Morgan fingerprint density at radius 1 is 1.11 bits per heavy atom. The Labute approximate surface area is 168 Å². The number of thiocarbonyl (C=S) groups is 1. The van der Waals surface area contributed by atoms with Crippen LogP contribution in [0.1, 0.15) is 10.4 Å². The third kappa shape index (κ3) is 5.05. The van der Waals surface area contributed by atoms with Crippen LogP contribution in [0.2, 0.25) is 0 Å². The van der Waals surface area contributed by atoms with Gasteiger partial charge in [0.25, 0.3) is 5.91 Å². The van der Waals surface area contributed by atoms with Crippen molar-refractivity contribution in [1.29, 1.82) is 0 Å². The number of hydrogen-bond acceptors (Lipinski definition) is 5. The number of hydrogen-bond donors (Lipinski definition) is 5. The van der Waals surface area contributed by atoms with Gasteiger partial charge in [0.05, 0.1) is 13.2 Å². The number of aliphatic hydroxyl groups is 2. The van der Waals surface area contributed by atoms with E-state index in [0.717, 1.165) is 5.69 Å². The van der Waals surface area contributed by atoms with Gasteiger partial charge in [0.2, 0.25) is 0 Å². The van der Waals surface area contributed by atoms with Gasteiger partial charge >= 0.3 is 0 Å². The van der Waals surface area contributed by atoms with E-state index in [2.05, 4.69) is 16.0 Å². The molecule has 28 heavy (non-hydrogen) atoms. The van der Waals surface area contributed by atoms with Crippen molar-refractivity contribution in [3.63, 3.8) is 0 Å². The highest BCUT2D eigenvalue weighted by atomic mass is 32.1. The Bertz CT molecular complexity index is 806. The minimum Gasteiger partial charge on any atom is -0.387 e. The predicted molar refractivity (Wildman–Crippen MR) is 110 cm³/mol. The van der Waals surface area contributed by atoms with E-state index in [0.29, 0.717) is 10.7 Å². The van der Waals surface area contributed by atoms with E-state index in [9.17, 15) is 15.0 Å². The van der Waals surface area contributed by atoms with Gasteiger partial charge < -0.3 is 30.9 Å². The summed E-state index contributed by atoms with van der Waals surface area (Å²) in [5.74, 6) is -0.323. The van der Waals surface area contributed by atoms with Gasteiger partial charge in [-0.25, -0.2) is 0 Å². The zero-order valence-corrected chi connectivity index (χ0v) is 16.0. The van der Waals surface area contributed by atoms with Crippen LogP contribution >= 0.6 is 12.2 Å². The molecule has 1 fully saturated rings. The lowest BCUT2D eigenvalue weighted by Crippen LogP contribution is -2.53. The highest BCUT2D eigenvalue weighted by Crippen LogP contribution is 2.24. The van der Waals surface area contributed by atoms with E-state index in [1.807, 2.05) is 36.4 Å². The van der Waals surface area contributed by atoms with Crippen LogP contribution in [-0.2, 0) is 4.74 Å². The summed E-state index contributed by atoms with van der Waals surface area (Å²) in [6.45, 7) is 0.00827. The second kappa shape index (κ2) is 9.11. The predicted octanol–water partition coefficient (Wildman–Crippen LogP) is 0.894. The number of para-hydroxylation sites is 1. The lowest BCUT2D eigenvalue weighted by atomic mass is 9.96. The molecule has 3 rings (SSSR count). The van der Waals surface area contributed by atoms with Crippen molar-refractivity contribution in [1.82, 2.24) is 10.6 Å². The van der Waals surface area contributed by atoms with Gasteiger partial charge in [-0.05, 0) is 36.5 Å². The SMILES string of the molecule is O=C(NC[C@]1(O)COC(CNC(=S)Nc2ccccc2)[C@H]1O)c1ccccc1. The Kier molecular flexibility index (Phi) is 6.58. The molecular weight excluding hydrogens is 378 g/mol. The van der Waals surface area contributed by atoms with E-state index < -0.39 is 17.8 Å². The van der Waals surface area contributed by atoms with Gasteiger partial charge in [-0.15, -0.1) is 0 Å². The summed E-state index contributed by atoms with van der Waals surface area (Å²) in [7, 11) is 0. The molecule has 3 atom stereocenters. The molecule has 1 aliphatic rings. The third-order valence-corrected chi connectivity index (χ3v) is 4.78. The smallest absolute Gasteiger partial charge is 0.251 e. The van der Waals surface area contributed by atoms with Crippen LogP contribution in [0.15, 0.2) is 60.7 Å². The molecule has 0 spiro atoms. The maximum absolute atomic E-state index is 12.1. The van der Waals surface area contributed by atoms with E-state index in [4.69, 9.17) is 17.0 Å². The average molecular weight is 401 g/mol. The molecule has 7 nitrogen and oxygen atoms in total. The summed E-state index contributed by atoms with van der Waals surface area (Å²) in [4.78, 5) is 12.1. The molecule has 0 aromatic heterocycles. The Hall–Kier alpha value is -2.52. The molecule has 1 saturated heterocycles. The topological polar surface area (TPSA) is 103 Å². The minimum atomic E-state index is -1.56. The highest BCUT2D eigenvalue weighted by Gasteiger charge is 2.48. The first-order valence-corrected chi connectivity index (χ1v) is 9.34. The van der Waals surface area contributed by atoms with Crippen molar-refractivity contribution in [2.24, 2.45) is 0 Å². The molecule has 1 unspecified atom stereocenters. The van der Waals surface area contributed by atoms with Crippen LogP contribution in [0.25, 0.3) is 0 Å². The molecule has 0 saturated carbocycles. The first kappa shape index (κ1) is 20.2. The Morgan fingerprint density at radius 3 is 2.43 bits per heavy atom. The van der Waals surface area contributed by atoms with Gasteiger partial charge in [-0.1, -0.05) is 36.4 Å². The lowest BCUT2D eigenvalue weighted by molar-refractivity contribution is -0.0462. The van der Waals surface area contributed by atoms with Crippen molar-refractivity contribution < 1.29 is 19.7 Å². The summed E-state index contributed by atoms with van der Waals surface area (Å²) in [6, 6.07) is 18.1. The summed E-state index contributed by atoms with van der Waals surface area (Å²) in [6.07, 6.45) is -1.83. The fourth-order valence-corrected chi connectivity index (χ4v) is 3.12. The van der Waals surface area contributed by atoms with Crippen molar-refractivity contribution in [2.75, 3.05) is 25.0 Å². The number of amides is 1. The standard InChI is InChI=1S/C20H23N3O4S/c24-17-16(11-21-19(28)23-15-9-5-2-6-10-15)27-13-20(17,26)12-22-18(25)14-7-3-1-4-8-14/h1-10,16-17,24,26H,11-13H2,(H,22,25)(H2,21,23,28)/t16?,17-,20+/m1/s1. The first-order chi connectivity index (χ1) is 13.5. The number of rotatable bonds is 6. The summed E-state index contributed by atoms with van der Waals surface area (Å²) in [5, 5.41) is 30.1. The Balaban J connectivity index is 1.47. The quantitative estimate of drug-likeness (QED) is 0.458. The number of benzene rings is 2. The molecule has 1 aliphatic heterocycles. The molecule has 5 N–H and O–H groups in total. The summed E-state index contributed by atoms with van der Waals surface area (Å²) < 4.78 is 5.52. The van der Waals surface area contributed by atoms with Crippen molar-refractivity contribution in [3.8, 4) is 0 Å². The van der Waals surface area contributed by atoms with Gasteiger partial charge in [-0.2, -0.15) is 0 Å². The second-order valence-corrected chi connectivity index (χ2v) is 7.06. The maximum Gasteiger partial charge on any atom is 0.251 e. The van der Waals surface area contributed by atoms with E-state index >= 15 is 0 Å². The maximum atomic E-state index is 12.1. The van der Waals surface area contributed by atoms with Gasteiger partial charge in [0, 0.05) is 17.8 Å². The van der Waals surface area contributed by atoms with E-state index in [1.165, 1.54) is 0 Å². The minimum absolute atomic E-state index is 0.0888. The third-order valence-electron chi connectivity index (χ3n) is 4.54. The number of nitrogens with one attached hydrogen (secondary N) is 3. The van der Waals surface area contributed by atoms with E-state index in [1.54, 1.807) is 24.3 Å². The zero-order valence-electron chi connectivity index (χ0n) is 15.2. The number of aliphatic hydroxyl groups excluding tert-OH is 1. The summed E-state index contributed by atoms with van der Waals surface area (Å²) in [5.41, 5.74) is -0.242. The molecule has 148 valence electrons. The van der Waals surface area contributed by atoms with Crippen LogP contribution < -0.4 is 16.0 Å². The number of anilines is 1. The zero-order chi connectivity index (χ0) is 20.0. The normalized spacial score (nSPS) is 23.8. The molecule has 8 heteroatoms. The number of carbonyl (C=O) groups excluding carboxylic acids is 1. The first-order valence-electron chi connectivity index (χ1n) is 8.93. The highest BCUT2D eigenvalue weighted by molar-refractivity contribution is 7.80. The fraction of sp³-hybridized carbons (Fsp3) is 0.300. The van der Waals surface area contributed by atoms with Crippen LogP contribution in [-0.4, -0.2) is 58.7 Å². The van der Waals surface area contributed by atoms with E-state index in [-0.39, 0.29) is 25.6 Å². The molecule has 0 radical (unpaired) electrons. The monoisotopic (exact) mass is 401 g/mol. The molecule has 0 aliphatic carbocycles. The van der Waals surface area contributed by atoms with Crippen LogP contribution in [0.4, 0.5) is 5.69 Å². The van der Waals surface area contributed by atoms with Crippen molar-refractivity contribution >= 4 is 28.9 Å². The van der Waals surface area contributed by atoms with Crippen molar-refractivity contribution in [2.45, 2.75) is 17.8 Å². The second-order valence-electron chi connectivity index (χ2n) is 6.65. The lowest BCUT2D eigenvalue weighted by Gasteiger charge is -2.26. The number of ether oxygens (including phenoxy) is 1. The molecule has 2 aromatic rings. The van der Waals surface area contributed by atoms with Crippen LogP contribution in [0.3, 0.4) is 0 Å². The van der Waals surface area contributed by atoms with Crippen LogP contribution in [0, 0.1) is 0 Å². The molecular formula is C20H23N3O4S. The van der Waals surface area contributed by atoms with Gasteiger partial charge in [0.15, 0.2) is 5.11 Å². The largest absolute Gasteiger partial charge is 0.387 e. The molecule has 1 heterocycles. The van der Waals surface area contributed by atoms with Crippen LogP contribution in [0.5, 0.6) is 0 Å². The number of carbonyl (C=O) groups is 1.